The van der Waals surface area contributed by atoms with E-state index in [1.165, 1.54) is 0 Å². The van der Waals surface area contributed by atoms with E-state index in [1.807, 2.05) is 20.8 Å². The van der Waals surface area contributed by atoms with E-state index in [2.05, 4.69) is 20.7 Å². The van der Waals surface area contributed by atoms with Crippen LogP contribution in [0.15, 0.2) is 20.7 Å². The molecule has 2 aliphatic heterocycles. The summed E-state index contributed by atoms with van der Waals surface area (Å²) in [6, 6.07) is -0.302. The number of morpholine rings is 1. The zero-order chi connectivity index (χ0) is 13.2. The minimum absolute atomic E-state index is 0.302. The molecule has 0 spiro atoms. The Morgan fingerprint density at radius 1 is 1.33 bits per heavy atom. The van der Waals surface area contributed by atoms with E-state index in [-0.39, 0.29) is 12.1 Å². The van der Waals surface area contributed by atoms with Gasteiger partial charge in [0.2, 0.25) is 6.17 Å². The zero-order valence-corrected chi connectivity index (χ0v) is 10.7. The number of hydrogen-bond donors (Lipinski definition) is 0. The fourth-order valence-electron chi connectivity index (χ4n) is 1.75. The van der Waals surface area contributed by atoms with Crippen LogP contribution in [-0.2, 0) is 9.47 Å². The van der Waals surface area contributed by atoms with Crippen molar-refractivity contribution in [2.45, 2.75) is 38.6 Å². The first-order valence-corrected chi connectivity index (χ1v) is 5.85. The van der Waals surface area contributed by atoms with Gasteiger partial charge in [-0.15, -0.1) is 10.2 Å². The Morgan fingerprint density at radius 2 is 2.00 bits per heavy atom. The summed E-state index contributed by atoms with van der Waals surface area (Å²) in [6.45, 7) is 6.79. The van der Waals surface area contributed by atoms with Crippen molar-refractivity contribution in [1.82, 2.24) is 4.90 Å². The molecule has 100 valence electrons. The summed E-state index contributed by atoms with van der Waals surface area (Å²) in [4.78, 5) is 13.7. The van der Waals surface area contributed by atoms with Crippen LogP contribution in [0.2, 0.25) is 0 Å². The van der Waals surface area contributed by atoms with Crippen LogP contribution >= 0.6 is 0 Å². The molecule has 1 atom stereocenters. The molecule has 1 fully saturated rings. The molecular formula is C10H17N5O3. The topological polar surface area (TPSA) is 88.2 Å². The smallest absolute Gasteiger partial charge is 0.410 e. The second kappa shape index (κ2) is 4.97. The molecule has 1 unspecified atom stereocenters. The van der Waals surface area contributed by atoms with Gasteiger partial charge in [-0.3, -0.25) is 4.90 Å². The number of rotatable bonds is 1. The standard InChI is InChI=1S/C10H17N5O3/c1-10(2,3)18-9(16)15-4-5-17-6-7(15)8-11-13-14-12-8/h7-8H,4-6H2,1-3H3. The SMILES string of the molecule is CC(C)(C)OC(=O)N1CCOCC1C1N=NN=N1. The van der Waals surface area contributed by atoms with Gasteiger partial charge in [0.15, 0.2) is 0 Å². The number of carbonyl (C=O) groups is 1. The van der Waals surface area contributed by atoms with E-state index in [0.717, 1.165) is 0 Å². The van der Waals surface area contributed by atoms with E-state index >= 15 is 0 Å². The van der Waals surface area contributed by atoms with Gasteiger partial charge in [-0.25, -0.2) is 4.79 Å². The average Bonchev–Trinajstić information content (AvgIpc) is 2.80. The molecule has 8 nitrogen and oxygen atoms in total. The predicted octanol–water partition coefficient (Wildman–Crippen LogP) is 1.78. The van der Waals surface area contributed by atoms with Crippen molar-refractivity contribution in [3.05, 3.63) is 0 Å². The van der Waals surface area contributed by atoms with Gasteiger partial charge in [-0.05, 0) is 31.2 Å². The van der Waals surface area contributed by atoms with E-state index in [0.29, 0.717) is 19.8 Å². The van der Waals surface area contributed by atoms with Crippen molar-refractivity contribution in [3.63, 3.8) is 0 Å². The minimum Gasteiger partial charge on any atom is -0.444 e. The lowest BCUT2D eigenvalue weighted by Gasteiger charge is -2.36. The molecule has 8 heteroatoms. The lowest BCUT2D eigenvalue weighted by Crippen LogP contribution is -2.54. The lowest BCUT2D eigenvalue weighted by atomic mass is 10.2. The fourth-order valence-corrected chi connectivity index (χ4v) is 1.75. The van der Waals surface area contributed by atoms with Crippen LogP contribution in [0, 0.1) is 0 Å². The predicted molar refractivity (Wildman–Crippen MR) is 61.0 cm³/mol. The van der Waals surface area contributed by atoms with Crippen LogP contribution in [0.4, 0.5) is 4.79 Å². The van der Waals surface area contributed by atoms with Gasteiger partial charge in [0, 0.05) is 6.54 Å². The van der Waals surface area contributed by atoms with Crippen LogP contribution in [0.1, 0.15) is 20.8 Å². The van der Waals surface area contributed by atoms with Gasteiger partial charge in [-0.2, -0.15) is 0 Å². The number of hydrogen-bond acceptors (Lipinski definition) is 7. The number of nitrogens with zero attached hydrogens (tertiary/aromatic N) is 5. The highest BCUT2D eigenvalue weighted by Crippen LogP contribution is 2.21. The van der Waals surface area contributed by atoms with Gasteiger partial charge in [-0.1, -0.05) is 0 Å². The Balaban J connectivity index is 2.05. The zero-order valence-electron chi connectivity index (χ0n) is 10.7. The third-order valence-electron chi connectivity index (χ3n) is 2.52. The van der Waals surface area contributed by atoms with Crippen LogP contribution in [0.3, 0.4) is 0 Å². The van der Waals surface area contributed by atoms with Crippen molar-refractivity contribution in [3.8, 4) is 0 Å². The fraction of sp³-hybridized carbons (Fsp3) is 0.900. The summed E-state index contributed by atoms with van der Waals surface area (Å²) >= 11 is 0. The normalized spacial score (nSPS) is 24.6. The third kappa shape index (κ3) is 3.00. The number of carbonyl (C=O) groups excluding carboxylic acids is 1. The number of ether oxygens (including phenoxy) is 2. The Labute approximate surface area is 105 Å². The second-order valence-electron chi connectivity index (χ2n) is 5.14. The van der Waals surface area contributed by atoms with Crippen molar-refractivity contribution in [1.29, 1.82) is 0 Å². The van der Waals surface area contributed by atoms with Crippen LogP contribution in [0.5, 0.6) is 0 Å². The van der Waals surface area contributed by atoms with Gasteiger partial charge < -0.3 is 9.47 Å². The first kappa shape index (κ1) is 12.9. The van der Waals surface area contributed by atoms with Crippen molar-refractivity contribution in [2.75, 3.05) is 19.8 Å². The Bertz CT molecular complexity index is 364. The van der Waals surface area contributed by atoms with Gasteiger partial charge in [0.25, 0.3) is 0 Å². The molecule has 0 aromatic heterocycles. The van der Waals surface area contributed by atoms with Crippen LogP contribution in [0.25, 0.3) is 0 Å². The highest BCUT2D eigenvalue weighted by Gasteiger charge is 2.37. The van der Waals surface area contributed by atoms with E-state index < -0.39 is 11.8 Å². The maximum absolute atomic E-state index is 12.1. The maximum atomic E-state index is 12.1. The Hall–Kier alpha value is -1.57. The molecule has 1 saturated heterocycles. The summed E-state index contributed by atoms with van der Waals surface area (Å²) in [5, 5.41) is 14.6. The van der Waals surface area contributed by atoms with E-state index in [1.54, 1.807) is 4.90 Å². The van der Waals surface area contributed by atoms with Gasteiger partial charge in [0.05, 0.1) is 13.2 Å². The first-order chi connectivity index (χ1) is 8.47. The van der Waals surface area contributed by atoms with Gasteiger partial charge >= 0.3 is 6.09 Å². The summed E-state index contributed by atoms with van der Waals surface area (Å²) < 4.78 is 10.7. The Kier molecular flexibility index (Phi) is 3.55. The minimum atomic E-state index is -0.529. The molecule has 2 rings (SSSR count). The molecule has 0 saturated carbocycles. The van der Waals surface area contributed by atoms with Crippen molar-refractivity contribution < 1.29 is 14.3 Å². The maximum Gasteiger partial charge on any atom is 0.410 e. The first-order valence-electron chi connectivity index (χ1n) is 5.85. The average molecular weight is 255 g/mol. The van der Waals surface area contributed by atoms with Crippen molar-refractivity contribution >= 4 is 6.09 Å². The molecule has 18 heavy (non-hydrogen) atoms. The molecular weight excluding hydrogens is 238 g/mol. The van der Waals surface area contributed by atoms with Crippen molar-refractivity contribution in [2.24, 2.45) is 20.7 Å². The summed E-state index contributed by atoms with van der Waals surface area (Å²) in [6.07, 6.45) is -0.870. The quantitative estimate of drug-likeness (QED) is 0.715. The molecule has 2 heterocycles. The Morgan fingerprint density at radius 3 is 2.61 bits per heavy atom. The highest BCUT2D eigenvalue weighted by atomic mass is 16.6. The third-order valence-corrected chi connectivity index (χ3v) is 2.52. The van der Waals surface area contributed by atoms with E-state index in [9.17, 15) is 4.79 Å². The molecule has 2 aliphatic rings. The largest absolute Gasteiger partial charge is 0.444 e. The molecule has 0 bridgehead atoms. The summed E-state index contributed by atoms with van der Waals surface area (Å²) in [5.41, 5.74) is -0.529. The second-order valence-corrected chi connectivity index (χ2v) is 5.14. The molecule has 1 amide bonds. The molecule has 0 radical (unpaired) electrons. The number of amides is 1. The molecule has 0 aromatic rings. The molecule has 0 N–H and O–H groups in total. The van der Waals surface area contributed by atoms with Crippen LogP contribution in [-0.4, -0.2) is 48.6 Å². The monoisotopic (exact) mass is 255 g/mol. The highest BCUT2D eigenvalue weighted by molar-refractivity contribution is 5.68. The van der Waals surface area contributed by atoms with E-state index in [4.69, 9.17) is 9.47 Å². The summed E-state index contributed by atoms with van der Waals surface area (Å²) in [5.74, 6) is 0. The molecule has 0 aromatic carbocycles. The van der Waals surface area contributed by atoms with Crippen LogP contribution < -0.4 is 0 Å². The molecule has 0 aliphatic carbocycles. The van der Waals surface area contributed by atoms with Gasteiger partial charge in [0.1, 0.15) is 11.6 Å². The lowest BCUT2D eigenvalue weighted by molar-refractivity contribution is -0.0372. The summed E-state index contributed by atoms with van der Waals surface area (Å²) in [7, 11) is 0.